The molecule has 2 aliphatic carbocycles. The van der Waals surface area contributed by atoms with Crippen molar-refractivity contribution in [3.05, 3.63) is 24.0 Å². The molecule has 0 aromatic carbocycles. The molecule has 1 aromatic rings. The monoisotopic (exact) mass is 344 g/mol. The van der Waals surface area contributed by atoms with E-state index in [1.54, 1.807) is 25.3 Å². The molecule has 1 spiro atoms. The van der Waals surface area contributed by atoms with Crippen LogP contribution in [-0.4, -0.2) is 45.6 Å². The molecule has 2 saturated carbocycles. The first-order valence-electron chi connectivity index (χ1n) is 9.09. The molecule has 2 heterocycles. The molecular formula is C19H24N2O4. The van der Waals surface area contributed by atoms with Crippen molar-refractivity contribution in [3.63, 3.8) is 0 Å². The van der Waals surface area contributed by atoms with Crippen molar-refractivity contribution in [2.45, 2.75) is 51.0 Å². The summed E-state index contributed by atoms with van der Waals surface area (Å²) in [6.45, 7) is 2.68. The Morgan fingerprint density at radius 2 is 2.00 bits per heavy atom. The quantitative estimate of drug-likeness (QED) is 0.907. The van der Waals surface area contributed by atoms with Crippen LogP contribution in [0.1, 0.15) is 44.2 Å². The maximum Gasteiger partial charge on any atom is 0.348 e. The van der Waals surface area contributed by atoms with E-state index in [-0.39, 0.29) is 11.8 Å². The zero-order valence-electron chi connectivity index (χ0n) is 14.5. The normalized spacial score (nSPS) is 26.0. The molecule has 0 bridgehead atoms. The van der Waals surface area contributed by atoms with Gasteiger partial charge >= 0.3 is 5.97 Å². The van der Waals surface area contributed by atoms with Crippen molar-refractivity contribution in [2.75, 3.05) is 13.1 Å². The molecule has 1 N–H and O–H groups in total. The highest BCUT2D eigenvalue weighted by Gasteiger charge is 2.62. The number of amides is 1. The number of carbonyl (C=O) groups is 2. The summed E-state index contributed by atoms with van der Waals surface area (Å²) >= 11 is 0. The van der Waals surface area contributed by atoms with Crippen molar-refractivity contribution in [2.24, 2.45) is 11.3 Å². The second-order valence-electron chi connectivity index (χ2n) is 7.79. The lowest BCUT2D eigenvalue weighted by Gasteiger charge is -2.39. The van der Waals surface area contributed by atoms with Gasteiger partial charge in [-0.3, -0.25) is 9.78 Å². The number of aromatic nitrogens is 1. The van der Waals surface area contributed by atoms with E-state index in [1.807, 2.05) is 4.90 Å². The third-order valence-electron chi connectivity index (χ3n) is 6.37. The van der Waals surface area contributed by atoms with E-state index in [4.69, 9.17) is 4.74 Å². The Labute approximate surface area is 147 Å². The number of piperidine rings is 1. The first kappa shape index (κ1) is 16.4. The predicted molar refractivity (Wildman–Crippen MR) is 90.2 cm³/mol. The number of carboxylic acids is 1. The predicted octanol–water partition coefficient (Wildman–Crippen LogP) is 2.40. The van der Waals surface area contributed by atoms with E-state index < -0.39 is 11.6 Å². The van der Waals surface area contributed by atoms with Crippen LogP contribution in [-0.2, 0) is 9.59 Å². The average molecular weight is 344 g/mol. The smallest absolute Gasteiger partial charge is 0.348 e. The van der Waals surface area contributed by atoms with Gasteiger partial charge in [-0.25, -0.2) is 4.79 Å². The van der Waals surface area contributed by atoms with Crippen molar-refractivity contribution >= 4 is 11.9 Å². The third-order valence-corrected chi connectivity index (χ3v) is 6.37. The average Bonchev–Trinajstić information content (AvgIpc) is 3.33. The Balaban J connectivity index is 1.43. The Morgan fingerprint density at radius 3 is 2.52 bits per heavy atom. The molecule has 1 atom stereocenters. The summed E-state index contributed by atoms with van der Waals surface area (Å²) in [5.41, 5.74) is -0.296. The standard InChI is InChI=1S/C19H24N2O4/c1-13-15(4-2-9-20-13)25-19(17(23)24)7-10-21(11-8-19)16(22)14-12-18(14)5-3-6-18/h2,4,9,14H,3,5-8,10-12H2,1H3,(H,23,24)/t14-/m1/s1. The maximum absolute atomic E-state index is 12.7. The van der Waals surface area contributed by atoms with Gasteiger partial charge in [-0.1, -0.05) is 6.42 Å². The number of ether oxygens (including phenoxy) is 1. The molecule has 0 radical (unpaired) electrons. The number of pyridine rings is 1. The zero-order valence-corrected chi connectivity index (χ0v) is 14.5. The van der Waals surface area contributed by atoms with Gasteiger partial charge < -0.3 is 14.7 Å². The van der Waals surface area contributed by atoms with Crippen molar-refractivity contribution in [1.82, 2.24) is 9.88 Å². The number of aryl methyl sites for hydroxylation is 1. The van der Waals surface area contributed by atoms with Gasteiger partial charge in [-0.15, -0.1) is 0 Å². The van der Waals surface area contributed by atoms with Crippen LogP contribution in [0.25, 0.3) is 0 Å². The fourth-order valence-electron chi connectivity index (χ4n) is 4.34. The summed E-state index contributed by atoms with van der Waals surface area (Å²) in [7, 11) is 0. The minimum atomic E-state index is -1.28. The van der Waals surface area contributed by atoms with Crippen molar-refractivity contribution < 1.29 is 19.4 Å². The summed E-state index contributed by atoms with van der Waals surface area (Å²) in [6, 6.07) is 3.48. The second kappa shape index (κ2) is 5.71. The SMILES string of the molecule is Cc1ncccc1OC1(C(=O)O)CCN(C(=O)[C@H]2CC23CCC3)CC1. The van der Waals surface area contributed by atoms with Gasteiger partial charge in [0.1, 0.15) is 5.75 Å². The number of hydrogen-bond acceptors (Lipinski definition) is 4. The van der Waals surface area contributed by atoms with Crippen LogP contribution in [0.15, 0.2) is 18.3 Å². The summed E-state index contributed by atoms with van der Waals surface area (Å²) in [5, 5.41) is 9.77. The van der Waals surface area contributed by atoms with Crippen LogP contribution >= 0.6 is 0 Å². The van der Waals surface area contributed by atoms with E-state index in [0.29, 0.717) is 42.8 Å². The number of hydrogen-bond donors (Lipinski definition) is 1. The number of carboxylic acid groups (broad SMARTS) is 1. The molecule has 4 rings (SSSR count). The fraction of sp³-hybridized carbons (Fsp3) is 0.632. The van der Waals surface area contributed by atoms with E-state index in [9.17, 15) is 14.7 Å². The first-order valence-corrected chi connectivity index (χ1v) is 9.09. The fourth-order valence-corrected chi connectivity index (χ4v) is 4.34. The molecule has 6 heteroatoms. The molecule has 0 unspecified atom stereocenters. The summed E-state index contributed by atoms with van der Waals surface area (Å²) < 4.78 is 5.91. The Morgan fingerprint density at radius 1 is 1.28 bits per heavy atom. The van der Waals surface area contributed by atoms with Gasteiger partial charge in [-0.2, -0.15) is 0 Å². The van der Waals surface area contributed by atoms with E-state index >= 15 is 0 Å². The topological polar surface area (TPSA) is 79.7 Å². The zero-order chi connectivity index (χ0) is 17.7. The van der Waals surface area contributed by atoms with Gasteiger partial charge in [0.25, 0.3) is 0 Å². The summed E-state index contributed by atoms with van der Waals surface area (Å²) in [4.78, 5) is 30.6. The van der Waals surface area contributed by atoms with Crippen LogP contribution in [0.3, 0.4) is 0 Å². The van der Waals surface area contributed by atoms with E-state index in [2.05, 4.69) is 4.98 Å². The molecule has 1 amide bonds. The van der Waals surface area contributed by atoms with Crippen LogP contribution in [0, 0.1) is 18.3 Å². The Kier molecular flexibility index (Phi) is 3.74. The number of likely N-dealkylation sites (tertiary alicyclic amines) is 1. The van der Waals surface area contributed by atoms with Gasteiger partial charge in [0, 0.05) is 38.0 Å². The molecular weight excluding hydrogens is 320 g/mol. The van der Waals surface area contributed by atoms with E-state index in [1.165, 1.54) is 19.3 Å². The van der Waals surface area contributed by atoms with Crippen LogP contribution in [0.5, 0.6) is 5.75 Å². The van der Waals surface area contributed by atoms with Crippen molar-refractivity contribution in [3.8, 4) is 5.75 Å². The van der Waals surface area contributed by atoms with E-state index in [0.717, 1.165) is 6.42 Å². The maximum atomic E-state index is 12.7. The third kappa shape index (κ3) is 2.68. The molecule has 1 aliphatic heterocycles. The molecule has 1 aromatic heterocycles. The Bertz CT molecular complexity index is 705. The molecule has 1 saturated heterocycles. The van der Waals surface area contributed by atoms with Gasteiger partial charge in [0.2, 0.25) is 11.5 Å². The van der Waals surface area contributed by atoms with Gasteiger partial charge in [0.15, 0.2) is 0 Å². The lowest BCUT2D eigenvalue weighted by atomic mass is 9.79. The largest absolute Gasteiger partial charge is 0.478 e. The van der Waals surface area contributed by atoms with Crippen LogP contribution in [0.2, 0.25) is 0 Å². The molecule has 3 fully saturated rings. The first-order chi connectivity index (χ1) is 12.0. The lowest BCUT2D eigenvalue weighted by molar-refractivity contribution is -0.162. The number of rotatable bonds is 4. The van der Waals surface area contributed by atoms with Crippen LogP contribution < -0.4 is 4.74 Å². The molecule has 6 nitrogen and oxygen atoms in total. The number of carbonyl (C=O) groups excluding carboxylic acids is 1. The summed E-state index contributed by atoms with van der Waals surface area (Å²) in [5.74, 6) is -0.0682. The van der Waals surface area contributed by atoms with Gasteiger partial charge in [-0.05, 0) is 43.7 Å². The minimum Gasteiger partial charge on any atom is -0.478 e. The second-order valence-corrected chi connectivity index (χ2v) is 7.79. The Hall–Kier alpha value is -2.11. The molecule has 134 valence electrons. The van der Waals surface area contributed by atoms with Crippen LogP contribution in [0.4, 0.5) is 0 Å². The highest BCUT2D eigenvalue weighted by Crippen LogP contribution is 2.66. The summed E-state index contributed by atoms with van der Waals surface area (Å²) in [6.07, 6.45) is 6.90. The van der Waals surface area contributed by atoms with Crippen molar-refractivity contribution in [1.29, 1.82) is 0 Å². The lowest BCUT2D eigenvalue weighted by Crippen LogP contribution is -2.54. The number of aliphatic carboxylic acids is 1. The molecule has 3 aliphatic rings. The highest BCUT2D eigenvalue weighted by atomic mass is 16.5. The number of nitrogens with zero attached hydrogens (tertiary/aromatic N) is 2. The van der Waals surface area contributed by atoms with Gasteiger partial charge in [0.05, 0.1) is 5.69 Å². The molecule has 25 heavy (non-hydrogen) atoms. The minimum absolute atomic E-state index is 0.181. The highest BCUT2D eigenvalue weighted by molar-refractivity contribution is 5.84.